The molecule has 0 aliphatic carbocycles. The smallest absolute Gasteiger partial charge is 0.289 e. The highest BCUT2D eigenvalue weighted by Crippen LogP contribution is 2.11. The topological polar surface area (TPSA) is 44.0 Å². The zero-order valence-electron chi connectivity index (χ0n) is 14.5. The lowest BCUT2D eigenvalue weighted by Crippen LogP contribution is -2.40. The Labute approximate surface area is 154 Å². The average Bonchev–Trinajstić information content (AvgIpc) is 2.71. The van der Waals surface area contributed by atoms with Gasteiger partial charge in [-0.15, -0.1) is 0 Å². The van der Waals surface area contributed by atoms with Crippen LogP contribution in [0.4, 0.5) is 4.39 Å². The van der Waals surface area contributed by atoms with E-state index in [2.05, 4.69) is 0 Å². The number of nitrogens with zero attached hydrogens (tertiary/aromatic N) is 2. The van der Waals surface area contributed by atoms with Gasteiger partial charge in [0.15, 0.2) is 0 Å². The summed E-state index contributed by atoms with van der Waals surface area (Å²) >= 11 is 0. The van der Waals surface area contributed by atoms with E-state index >= 15 is 0 Å². The lowest BCUT2D eigenvalue weighted by Gasteiger charge is -2.14. The third kappa shape index (κ3) is 3.31. The highest BCUT2D eigenvalue weighted by Gasteiger charge is 2.13. The van der Waals surface area contributed by atoms with E-state index in [4.69, 9.17) is 0 Å². The molecule has 0 spiro atoms. The minimum Gasteiger partial charge on any atom is -0.289 e. The summed E-state index contributed by atoms with van der Waals surface area (Å²) in [6.45, 7) is 0.460. The fourth-order valence-corrected chi connectivity index (χ4v) is 3.20. The molecule has 0 amide bonds. The number of para-hydroxylation sites is 1. The van der Waals surface area contributed by atoms with E-state index in [1.165, 1.54) is 16.7 Å². The summed E-state index contributed by atoms with van der Waals surface area (Å²) in [5.41, 5.74) is 1.54. The first-order valence-corrected chi connectivity index (χ1v) is 8.64. The normalized spacial score (nSPS) is 11.0. The quantitative estimate of drug-likeness (QED) is 0.560. The molecule has 0 saturated heterocycles. The molecular formula is C22H17FN2O2. The zero-order chi connectivity index (χ0) is 18.8. The summed E-state index contributed by atoms with van der Waals surface area (Å²) < 4.78 is 16.0. The van der Waals surface area contributed by atoms with Gasteiger partial charge in [-0.25, -0.2) is 9.18 Å². The highest BCUT2D eigenvalue weighted by atomic mass is 19.1. The number of hydrogen-bond donors (Lipinski definition) is 0. The summed E-state index contributed by atoms with van der Waals surface area (Å²) in [6, 6.07) is 22.5. The third-order valence-electron chi connectivity index (χ3n) is 4.57. The number of rotatable bonds is 4. The lowest BCUT2D eigenvalue weighted by atomic mass is 10.2. The fraction of sp³-hybridized carbons (Fsp3) is 0.0909. The standard InChI is InChI=1S/C22H17FN2O2/c23-18-12-10-17(11-13-18)14-24-20-9-5-4-8-19(20)21(26)25(22(24)27)15-16-6-2-1-3-7-16/h1-13H,14-15H2. The van der Waals surface area contributed by atoms with E-state index in [0.717, 1.165) is 11.1 Å². The number of halogens is 1. The van der Waals surface area contributed by atoms with Crippen molar-refractivity contribution in [3.05, 3.63) is 117 Å². The van der Waals surface area contributed by atoms with Crippen LogP contribution < -0.4 is 11.2 Å². The molecule has 4 aromatic rings. The molecule has 0 bridgehead atoms. The number of benzene rings is 3. The van der Waals surface area contributed by atoms with E-state index in [0.29, 0.717) is 10.9 Å². The highest BCUT2D eigenvalue weighted by molar-refractivity contribution is 5.77. The first kappa shape index (κ1) is 17.0. The van der Waals surface area contributed by atoms with Gasteiger partial charge in [0.2, 0.25) is 0 Å². The molecule has 0 saturated carbocycles. The Hall–Kier alpha value is -3.47. The first-order valence-electron chi connectivity index (χ1n) is 8.64. The van der Waals surface area contributed by atoms with Crippen LogP contribution in [0.5, 0.6) is 0 Å². The van der Waals surface area contributed by atoms with Crippen molar-refractivity contribution < 1.29 is 4.39 Å². The third-order valence-corrected chi connectivity index (χ3v) is 4.57. The average molecular weight is 360 g/mol. The Morgan fingerprint density at radius 1 is 0.667 bits per heavy atom. The minimum atomic E-state index is -0.383. The van der Waals surface area contributed by atoms with Gasteiger partial charge in [0.05, 0.1) is 24.0 Å². The molecule has 134 valence electrons. The maximum Gasteiger partial charge on any atom is 0.332 e. The SMILES string of the molecule is O=c1c2ccccc2n(Cc2ccc(F)cc2)c(=O)n1Cc1ccccc1. The number of fused-ring (bicyclic) bond motifs is 1. The van der Waals surface area contributed by atoms with Gasteiger partial charge >= 0.3 is 5.69 Å². The van der Waals surface area contributed by atoms with Crippen LogP contribution in [0.1, 0.15) is 11.1 Å². The fourth-order valence-electron chi connectivity index (χ4n) is 3.20. The van der Waals surface area contributed by atoms with Crippen molar-refractivity contribution in [3.8, 4) is 0 Å². The van der Waals surface area contributed by atoms with Gasteiger partial charge in [-0.1, -0.05) is 54.6 Å². The van der Waals surface area contributed by atoms with Crippen molar-refractivity contribution in [2.24, 2.45) is 0 Å². The van der Waals surface area contributed by atoms with Gasteiger partial charge in [-0.2, -0.15) is 0 Å². The van der Waals surface area contributed by atoms with Crippen LogP contribution >= 0.6 is 0 Å². The summed E-state index contributed by atoms with van der Waals surface area (Å²) in [5.74, 6) is -0.329. The van der Waals surface area contributed by atoms with Crippen molar-refractivity contribution >= 4 is 10.9 Å². The van der Waals surface area contributed by atoms with Crippen molar-refractivity contribution in [2.45, 2.75) is 13.1 Å². The molecule has 3 aromatic carbocycles. The molecule has 0 fully saturated rings. The summed E-state index contributed by atoms with van der Waals surface area (Å²) in [7, 11) is 0. The van der Waals surface area contributed by atoms with E-state index < -0.39 is 0 Å². The van der Waals surface area contributed by atoms with Gasteiger partial charge < -0.3 is 0 Å². The van der Waals surface area contributed by atoms with Crippen LogP contribution in [-0.2, 0) is 13.1 Å². The minimum absolute atomic E-state index is 0.201. The van der Waals surface area contributed by atoms with Gasteiger partial charge in [0.1, 0.15) is 5.82 Å². The van der Waals surface area contributed by atoms with Crippen LogP contribution in [0, 0.1) is 5.82 Å². The van der Waals surface area contributed by atoms with Crippen LogP contribution in [0.25, 0.3) is 10.9 Å². The van der Waals surface area contributed by atoms with Crippen LogP contribution in [-0.4, -0.2) is 9.13 Å². The summed E-state index contributed by atoms with van der Waals surface area (Å²) in [5, 5.41) is 0.482. The van der Waals surface area contributed by atoms with Gasteiger partial charge in [0, 0.05) is 0 Å². The second-order valence-corrected chi connectivity index (χ2v) is 6.39. The molecule has 1 heterocycles. The van der Waals surface area contributed by atoms with E-state index in [9.17, 15) is 14.0 Å². The first-order chi connectivity index (χ1) is 13.1. The zero-order valence-corrected chi connectivity index (χ0v) is 14.5. The van der Waals surface area contributed by atoms with Gasteiger partial charge in [-0.05, 0) is 35.4 Å². The maximum absolute atomic E-state index is 13.2. The van der Waals surface area contributed by atoms with Crippen LogP contribution in [0.2, 0.25) is 0 Å². The summed E-state index contributed by atoms with van der Waals surface area (Å²) in [4.78, 5) is 26.0. The monoisotopic (exact) mass is 360 g/mol. The maximum atomic E-state index is 13.2. The van der Waals surface area contributed by atoms with Gasteiger partial charge in [-0.3, -0.25) is 13.9 Å². The Balaban J connectivity index is 1.90. The van der Waals surface area contributed by atoms with Crippen LogP contribution in [0.15, 0.2) is 88.5 Å². The predicted molar refractivity (Wildman–Crippen MR) is 104 cm³/mol. The molecule has 4 rings (SSSR count). The van der Waals surface area contributed by atoms with Crippen molar-refractivity contribution in [3.63, 3.8) is 0 Å². The molecular weight excluding hydrogens is 343 g/mol. The van der Waals surface area contributed by atoms with E-state index in [1.54, 1.807) is 41.0 Å². The molecule has 0 radical (unpaired) electrons. The molecule has 0 aliphatic rings. The molecule has 0 unspecified atom stereocenters. The van der Waals surface area contributed by atoms with Crippen molar-refractivity contribution in [1.29, 1.82) is 0 Å². The second kappa shape index (κ2) is 7.03. The molecule has 0 N–H and O–H groups in total. The largest absolute Gasteiger partial charge is 0.332 e. The van der Waals surface area contributed by atoms with E-state index in [-0.39, 0.29) is 30.2 Å². The second-order valence-electron chi connectivity index (χ2n) is 6.39. The molecule has 1 aromatic heterocycles. The number of aromatic nitrogens is 2. The Morgan fingerprint density at radius 2 is 1.26 bits per heavy atom. The van der Waals surface area contributed by atoms with Crippen LogP contribution in [0.3, 0.4) is 0 Å². The van der Waals surface area contributed by atoms with Crippen molar-refractivity contribution in [2.75, 3.05) is 0 Å². The predicted octanol–water partition coefficient (Wildman–Crippen LogP) is 3.40. The molecule has 0 aliphatic heterocycles. The Kier molecular flexibility index (Phi) is 4.42. The van der Waals surface area contributed by atoms with E-state index in [1.807, 2.05) is 30.3 Å². The molecule has 0 atom stereocenters. The molecule has 5 heteroatoms. The van der Waals surface area contributed by atoms with Crippen molar-refractivity contribution in [1.82, 2.24) is 9.13 Å². The number of hydrogen-bond acceptors (Lipinski definition) is 2. The Morgan fingerprint density at radius 3 is 2.00 bits per heavy atom. The molecule has 27 heavy (non-hydrogen) atoms. The molecule has 4 nitrogen and oxygen atoms in total. The summed E-state index contributed by atoms with van der Waals surface area (Å²) in [6.07, 6.45) is 0. The lowest BCUT2D eigenvalue weighted by molar-refractivity contribution is 0.621. The Bertz CT molecular complexity index is 1210. The van der Waals surface area contributed by atoms with Gasteiger partial charge in [0.25, 0.3) is 5.56 Å².